The van der Waals surface area contributed by atoms with E-state index in [0.29, 0.717) is 18.8 Å². The molecule has 1 aliphatic rings. The zero-order valence-electron chi connectivity index (χ0n) is 15.3. The number of amides is 1. The standard InChI is InChI=1S/C16H19N5O.C2HF3O2/c17-8-9-21-11-15(19-20-21)16(22)18-14-7-6-12-4-2-1-3-5-13(12)10-14;3-2(4,5)1(6)7/h3,5-7,10-11H,1-2,4,8-9,17H2,(H,18,22);(H,6,7). The molecule has 11 heteroatoms. The number of nitrogens with one attached hydrogen (secondary N) is 1. The number of benzene rings is 1. The van der Waals surface area contributed by atoms with Gasteiger partial charge in [0.25, 0.3) is 5.91 Å². The number of aryl methyl sites for hydroxylation is 1. The molecule has 1 aromatic heterocycles. The molecule has 8 nitrogen and oxygen atoms in total. The monoisotopic (exact) mass is 411 g/mol. The molecule has 1 heterocycles. The van der Waals surface area contributed by atoms with Gasteiger partial charge in [-0.05, 0) is 42.5 Å². The summed E-state index contributed by atoms with van der Waals surface area (Å²) in [5.41, 5.74) is 9.00. The minimum Gasteiger partial charge on any atom is -0.475 e. The summed E-state index contributed by atoms with van der Waals surface area (Å²) in [7, 11) is 0. The Morgan fingerprint density at radius 2 is 2.03 bits per heavy atom. The quantitative estimate of drug-likeness (QED) is 0.710. The number of nitrogens with zero attached hydrogens (tertiary/aromatic N) is 3. The number of carbonyl (C=O) groups is 2. The second-order valence-electron chi connectivity index (χ2n) is 6.12. The summed E-state index contributed by atoms with van der Waals surface area (Å²) in [5.74, 6) is -3.02. The highest BCUT2D eigenvalue weighted by Crippen LogP contribution is 2.22. The smallest absolute Gasteiger partial charge is 0.475 e. The number of fused-ring (bicyclic) bond motifs is 1. The Kier molecular flexibility index (Phi) is 7.48. The van der Waals surface area contributed by atoms with Crippen molar-refractivity contribution in [2.75, 3.05) is 11.9 Å². The maximum absolute atomic E-state index is 12.2. The van der Waals surface area contributed by atoms with E-state index in [4.69, 9.17) is 15.6 Å². The first-order valence-electron chi connectivity index (χ1n) is 8.72. The van der Waals surface area contributed by atoms with Crippen LogP contribution in [0.15, 0.2) is 30.5 Å². The number of carbonyl (C=O) groups excluding carboxylic acids is 1. The summed E-state index contributed by atoms with van der Waals surface area (Å²) in [6.07, 6.45) is 4.15. The van der Waals surface area contributed by atoms with Crippen LogP contribution >= 0.6 is 0 Å². The Morgan fingerprint density at radius 1 is 1.31 bits per heavy atom. The number of aliphatic carboxylic acids is 1. The lowest BCUT2D eigenvalue weighted by Crippen LogP contribution is -2.21. The number of aromatic nitrogens is 3. The van der Waals surface area contributed by atoms with Crippen molar-refractivity contribution in [3.63, 3.8) is 0 Å². The summed E-state index contributed by atoms with van der Waals surface area (Å²) in [6, 6.07) is 6.01. The summed E-state index contributed by atoms with van der Waals surface area (Å²) >= 11 is 0. The van der Waals surface area contributed by atoms with Crippen molar-refractivity contribution in [2.45, 2.75) is 32.0 Å². The van der Waals surface area contributed by atoms with Gasteiger partial charge in [0.1, 0.15) is 0 Å². The van der Waals surface area contributed by atoms with Crippen molar-refractivity contribution in [3.05, 3.63) is 47.3 Å². The largest absolute Gasteiger partial charge is 0.490 e. The predicted octanol–water partition coefficient (Wildman–Crippen LogP) is 2.47. The van der Waals surface area contributed by atoms with Crippen LogP contribution in [0.5, 0.6) is 0 Å². The molecule has 0 spiro atoms. The van der Waals surface area contributed by atoms with Crippen LogP contribution in [0.2, 0.25) is 0 Å². The van der Waals surface area contributed by atoms with Gasteiger partial charge < -0.3 is 16.2 Å². The number of hydrogen-bond acceptors (Lipinski definition) is 5. The number of carboxylic acid groups (broad SMARTS) is 1. The molecule has 2 aromatic rings. The first kappa shape index (κ1) is 22.1. The average Bonchev–Trinajstić information content (AvgIpc) is 2.99. The molecule has 4 N–H and O–H groups in total. The molecule has 0 unspecified atom stereocenters. The maximum Gasteiger partial charge on any atom is 0.490 e. The Balaban J connectivity index is 0.000000370. The van der Waals surface area contributed by atoms with E-state index >= 15 is 0 Å². The number of rotatable bonds is 4. The van der Waals surface area contributed by atoms with E-state index in [2.05, 4.69) is 33.8 Å². The number of nitrogens with two attached hydrogens (primary N) is 1. The Labute approximate surface area is 164 Å². The Hall–Kier alpha value is -3.21. The molecule has 1 aromatic carbocycles. The Morgan fingerprint density at radius 3 is 2.69 bits per heavy atom. The normalized spacial score (nSPS) is 13.0. The molecular weight excluding hydrogens is 391 g/mol. The third kappa shape index (κ3) is 6.71. The average molecular weight is 411 g/mol. The maximum atomic E-state index is 12.2. The first-order chi connectivity index (χ1) is 13.7. The lowest BCUT2D eigenvalue weighted by molar-refractivity contribution is -0.192. The highest BCUT2D eigenvalue weighted by atomic mass is 19.4. The number of alkyl halides is 3. The molecule has 0 atom stereocenters. The number of allylic oxidation sites excluding steroid dienone is 1. The molecule has 0 fully saturated rings. The molecule has 0 aliphatic heterocycles. The van der Waals surface area contributed by atoms with Crippen LogP contribution in [-0.2, 0) is 17.8 Å². The molecule has 3 rings (SSSR count). The second-order valence-corrected chi connectivity index (χ2v) is 6.12. The first-order valence-corrected chi connectivity index (χ1v) is 8.72. The molecule has 29 heavy (non-hydrogen) atoms. The van der Waals surface area contributed by atoms with E-state index in [0.717, 1.165) is 18.5 Å². The third-order valence-corrected chi connectivity index (χ3v) is 3.89. The fourth-order valence-electron chi connectivity index (χ4n) is 2.52. The van der Waals surface area contributed by atoms with Crippen molar-refractivity contribution < 1.29 is 27.9 Å². The van der Waals surface area contributed by atoms with Crippen molar-refractivity contribution in [1.82, 2.24) is 15.0 Å². The van der Waals surface area contributed by atoms with E-state index in [1.807, 2.05) is 12.1 Å². The number of halogens is 3. The molecule has 0 radical (unpaired) electrons. The molecule has 0 bridgehead atoms. The van der Waals surface area contributed by atoms with Gasteiger partial charge >= 0.3 is 12.1 Å². The van der Waals surface area contributed by atoms with Crippen molar-refractivity contribution in [3.8, 4) is 0 Å². The SMILES string of the molecule is NCCn1cc(C(=O)Nc2ccc3c(c2)C=CCCC3)nn1.O=C(O)C(F)(F)F. The molecule has 0 saturated carbocycles. The van der Waals surface area contributed by atoms with Crippen LogP contribution in [-0.4, -0.2) is 44.7 Å². The van der Waals surface area contributed by atoms with Gasteiger partial charge in [0.15, 0.2) is 5.69 Å². The van der Waals surface area contributed by atoms with Gasteiger partial charge in [0, 0.05) is 12.2 Å². The van der Waals surface area contributed by atoms with Crippen molar-refractivity contribution in [2.24, 2.45) is 5.73 Å². The molecule has 156 valence electrons. The van der Waals surface area contributed by atoms with Gasteiger partial charge in [-0.15, -0.1) is 5.10 Å². The van der Waals surface area contributed by atoms with Crippen LogP contribution in [0.3, 0.4) is 0 Å². The predicted molar refractivity (Wildman–Crippen MR) is 99.1 cm³/mol. The lowest BCUT2D eigenvalue weighted by atomic mass is 10.0. The van der Waals surface area contributed by atoms with E-state index in [9.17, 15) is 18.0 Å². The number of anilines is 1. The van der Waals surface area contributed by atoms with Crippen molar-refractivity contribution in [1.29, 1.82) is 0 Å². The highest BCUT2D eigenvalue weighted by molar-refractivity contribution is 6.02. The van der Waals surface area contributed by atoms with Crippen LogP contribution < -0.4 is 11.1 Å². The number of hydrogen-bond donors (Lipinski definition) is 3. The highest BCUT2D eigenvalue weighted by Gasteiger charge is 2.38. The zero-order chi connectivity index (χ0) is 21.4. The van der Waals surface area contributed by atoms with Crippen LogP contribution in [0.1, 0.15) is 34.5 Å². The number of carboxylic acids is 1. The van der Waals surface area contributed by atoms with Gasteiger partial charge in [-0.1, -0.05) is 23.4 Å². The molecular formula is C18H20F3N5O3. The van der Waals surface area contributed by atoms with E-state index in [-0.39, 0.29) is 5.91 Å². The topological polar surface area (TPSA) is 123 Å². The van der Waals surface area contributed by atoms with Crippen molar-refractivity contribution >= 4 is 23.6 Å². The van der Waals surface area contributed by atoms with Gasteiger partial charge in [-0.25, -0.2) is 4.79 Å². The summed E-state index contributed by atoms with van der Waals surface area (Å²) in [4.78, 5) is 21.1. The van der Waals surface area contributed by atoms with Gasteiger partial charge in [-0.3, -0.25) is 9.48 Å². The van der Waals surface area contributed by atoms with E-state index in [1.54, 1.807) is 10.9 Å². The fraction of sp³-hybridized carbons (Fsp3) is 0.333. The molecule has 1 aliphatic carbocycles. The van der Waals surface area contributed by atoms with E-state index < -0.39 is 12.1 Å². The third-order valence-electron chi connectivity index (χ3n) is 3.89. The van der Waals surface area contributed by atoms with Gasteiger partial charge in [0.05, 0.1) is 12.7 Å². The summed E-state index contributed by atoms with van der Waals surface area (Å²) < 4.78 is 33.3. The summed E-state index contributed by atoms with van der Waals surface area (Å²) in [5, 5.41) is 17.7. The second kappa shape index (κ2) is 9.82. The lowest BCUT2D eigenvalue weighted by Gasteiger charge is -2.08. The summed E-state index contributed by atoms with van der Waals surface area (Å²) in [6.45, 7) is 1.01. The minimum absolute atomic E-state index is 0.263. The minimum atomic E-state index is -5.08. The van der Waals surface area contributed by atoms with Crippen LogP contribution in [0, 0.1) is 0 Å². The zero-order valence-corrected chi connectivity index (χ0v) is 15.3. The van der Waals surface area contributed by atoms with Gasteiger partial charge in [-0.2, -0.15) is 13.2 Å². The van der Waals surface area contributed by atoms with E-state index in [1.165, 1.54) is 17.5 Å². The molecule has 1 amide bonds. The molecule has 0 saturated heterocycles. The van der Waals surface area contributed by atoms with Crippen LogP contribution in [0.25, 0.3) is 6.08 Å². The van der Waals surface area contributed by atoms with Gasteiger partial charge in [0.2, 0.25) is 0 Å². The fourth-order valence-corrected chi connectivity index (χ4v) is 2.52. The Bertz CT molecular complexity index is 893. The van der Waals surface area contributed by atoms with Crippen LogP contribution in [0.4, 0.5) is 18.9 Å².